The van der Waals surface area contributed by atoms with Crippen molar-refractivity contribution in [2.24, 2.45) is 0 Å². The Balaban J connectivity index is 1.44. The Hall–Kier alpha value is -4.34. The molecular formula is C28H22FN5O2S. The van der Waals surface area contributed by atoms with E-state index in [1.165, 1.54) is 12.1 Å². The highest BCUT2D eigenvalue weighted by atomic mass is 32.2. The number of nitrogens with zero attached hydrogens (tertiary/aromatic N) is 2. The van der Waals surface area contributed by atoms with E-state index in [-0.39, 0.29) is 6.54 Å². The van der Waals surface area contributed by atoms with Gasteiger partial charge in [0.2, 0.25) is 10.0 Å². The lowest BCUT2D eigenvalue weighted by molar-refractivity contribution is 0.586. The fourth-order valence-corrected chi connectivity index (χ4v) is 5.02. The van der Waals surface area contributed by atoms with Gasteiger partial charge in [-0.25, -0.2) is 17.5 Å². The molecule has 0 aliphatic rings. The molecule has 0 fully saturated rings. The number of halogens is 1. The summed E-state index contributed by atoms with van der Waals surface area (Å²) in [5.74, 6) is -0.434. The van der Waals surface area contributed by atoms with Crippen LogP contribution in [0.2, 0.25) is 0 Å². The average Bonchev–Trinajstić information content (AvgIpc) is 3.51. The topological polar surface area (TPSA) is 104 Å². The molecule has 0 unspecified atom stereocenters. The molecule has 7 nitrogen and oxygen atoms in total. The molecule has 0 bridgehead atoms. The van der Waals surface area contributed by atoms with Crippen molar-refractivity contribution in [3.63, 3.8) is 0 Å². The van der Waals surface area contributed by atoms with Gasteiger partial charge in [-0.2, -0.15) is 5.10 Å². The van der Waals surface area contributed by atoms with Crippen molar-refractivity contribution in [1.29, 1.82) is 0 Å². The molecule has 3 aromatic carbocycles. The van der Waals surface area contributed by atoms with Crippen molar-refractivity contribution >= 4 is 31.8 Å². The van der Waals surface area contributed by atoms with Crippen LogP contribution in [0.5, 0.6) is 0 Å². The maximum atomic E-state index is 14.5. The van der Waals surface area contributed by atoms with E-state index in [0.717, 1.165) is 56.1 Å². The number of fused-ring (bicyclic) bond motifs is 2. The Morgan fingerprint density at radius 3 is 2.59 bits per heavy atom. The highest BCUT2D eigenvalue weighted by molar-refractivity contribution is 7.88. The summed E-state index contributed by atoms with van der Waals surface area (Å²) in [6.07, 6.45) is 4.65. The molecule has 184 valence electrons. The second-order valence-corrected chi connectivity index (χ2v) is 10.8. The number of aromatic amines is 2. The molecular weight excluding hydrogens is 489 g/mol. The second kappa shape index (κ2) is 8.95. The second-order valence-electron chi connectivity index (χ2n) is 8.97. The molecule has 6 rings (SSSR count). The molecule has 0 saturated heterocycles. The number of sulfonamides is 1. The molecule has 0 aliphatic carbocycles. The van der Waals surface area contributed by atoms with Crippen LogP contribution in [0.1, 0.15) is 5.56 Å². The van der Waals surface area contributed by atoms with Gasteiger partial charge in [0.05, 0.1) is 17.5 Å². The van der Waals surface area contributed by atoms with Gasteiger partial charge in [-0.1, -0.05) is 24.3 Å². The molecule has 3 heterocycles. The number of H-pyrrole nitrogens is 2. The summed E-state index contributed by atoms with van der Waals surface area (Å²) in [7, 11) is -3.40. The summed E-state index contributed by atoms with van der Waals surface area (Å²) in [5, 5.41) is 9.56. The fraction of sp³-hybridized carbons (Fsp3) is 0.0714. The van der Waals surface area contributed by atoms with Crippen LogP contribution in [0.15, 0.2) is 85.2 Å². The third-order valence-electron chi connectivity index (χ3n) is 6.28. The first-order chi connectivity index (χ1) is 17.8. The molecule has 37 heavy (non-hydrogen) atoms. The minimum atomic E-state index is -3.40. The number of hydrogen-bond acceptors (Lipinski definition) is 4. The van der Waals surface area contributed by atoms with Gasteiger partial charge >= 0.3 is 0 Å². The molecule has 9 heteroatoms. The molecule has 0 saturated carbocycles. The Bertz CT molecular complexity index is 1880. The summed E-state index contributed by atoms with van der Waals surface area (Å²) in [5.41, 5.74) is 7.48. The van der Waals surface area contributed by atoms with E-state index in [1.807, 2.05) is 54.7 Å². The highest BCUT2D eigenvalue weighted by Gasteiger charge is 2.15. The third kappa shape index (κ3) is 4.62. The Labute approximate surface area is 212 Å². The quantitative estimate of drug-likeness (QED) is 0.270. The number of hydrogen-bond donors (Lipinski definition) is 3. The summed E-state index contributed by atoms with van der Waals surface area (Å²) in [6.45, 7) is 0.0104. The Kier molecular flexibility index (Phi) is 5.58. The first-order valence-corrected chi connectivity index (χ1v) is 13.5. The van der Waals surface area contributed by atoms with E-state index in [2.05, 4.69) is 31.0 Å². The smallest absolute Gasteiger partial charge is 0.209 e. The van der Waals surface area contributed by atoms with Crippen LogP contribution < -0.4 is 4.72 Å². The minimum Gasteiger partial charge on any atom is -0.353 e. The summed E-state index contributed by atoms with van der Waals surface area (Å²) < 4.78 is 39.9. The van der Waals surface area contributed by atoms with Gasteiger partial charge in [0.1, 0.15) is 11.5 Å². The predicted molar refractivity (Wildman–Crippen MR) is 144 cm³/mol. The average molecular weight is 512 g/mol. The zero-order chi connectivity index (χ0) is 25.6. The summed E-state index contributed by atoms with van der Waals surface area (Å²) in [6, 6.07) is 22.4. The molecule has 6 aromatic rings. The normalized spacial score (nSPS) is 11.9. The van der Waals surface area contributed by atoms with Crippen molar-refractivity contribution in [3.05, 3.63) is 96.6 Å². The van der Waals surface area contributed by atoms with Crippen molar-refractivity contribution in [1.82, 2.24) is 24.9 Å². The van der Waals surface area contributed by atoms with Gasteiger partial charge in [0.25, 0.3) is 0 Å². The van der Waals surface area contributed by atoms with Crippen molar-refractivity contribution in [3.8, 4) is 33.6 Å². The van der Waals surface area contributed by atoms with Gasteiger partial charge in [-0.3, -0.25) is 10.1 Å². The zero-order valence-corrected chi connectivity index (χ0v) is 20.6. The van der Waals surface area contributed by atoms with Crippen molar-refractivity contribution in [2.75, 3.05) is 6.26 Å². The van der Waals surface area contributed by atoms with E-state index < -0.39 is 15.8 Å². The SMILES string of the molecule is CS(=O)(=O)NCc1cc(F)cc(-c2cccc3[nH]c(-c4n[nH]c5ccc(-c6cccnc6)cc45)cc23)c1. The molecule has 0 aliphatic heterocycles. The molecule has 3 aromatic heterocycles. The minimum absolute atomic E-state index is 0.0104. The zero-order valence-electron chi connectivity index (χ0n) is 19.8. The third-order valence-corrected chi connectivity index (χ3v) is 6.95. The number of rotatable bonds is 6. The lowest BCUT2D eigenvalue weighted by atomic mass is 9.99. The van der Waals surface area contributed by atoms with Crippen LogP contribution in [0, 0.1) is 5.82 Å². The first kappa shape index (κ1) is 23.1. The lowest BCUT2D eigenvalue weighted by Crippen LogP contribution is -2.21. The van der Waals surface area contributed by atoms with Gasteiger partial charge in [0.15, 0.2) is 0 Å². The van der Waals surface area contributed by atoms with Gasteiger partial charge < -0.3 is 4.98 Å². The molecule has 0 amide bonds. The van der Waals surface area contributed by atoms with Crippen LogP contribution in [0.25, 0.3) is 55.4 Å². The highest BCUT2D eigenvalue weighted by Crippen LogP contribution is 2.35. The van der Waals surface area contributed by atoms with E-state index in [0.29, 0.717) is 11.1 Å². The largest absolute Gasteiger partial charge is 0.353 e. The number of benzene rings is 3. The number of pyridine rings is 1. The van der Waals surface area contributed by atoms with E-state index >= 15 is 0 Å². The van der Waals surface area contributed by atoms with Crippen LogP contribution in [0.3, 0.4) is 0 Å². The fourth-order valence-electron chi connectivity index (χ4n) is 4.59. The van der Waals surface area contributed by atoms with Crippen LogP contribution in [0.4, 0.5) is 4.39 Å². The maximum Gasteiger partial charge on any atom is 0.209 e. The van der Waals surface area contributed by atoms with Crippen LogP contribution in [-0.2, 0) is 16.6 Å². The van der Waals surface area contributed by atoms with Gasteiger partial charge in [0, 0.05) is 40.8 Å². The molecule has 0 radical (unpaired) electrons. The number of aromatic nitrogens is 4. The van der Waals surface area contributed by atoms with Crippen molar-refractivity contribution < 1.29 is 12.8 Å². The Morgan fingerprint density at radius 1 is 0.892 bits per heavy atom. The lowest BCUT2D eigenvalue weighted by Gasteiger charge is -2.08. The standard InChI is InChI=1S/C28H22FN5O2S/c1-37(35,36)31-15-17-10-20(12-21(29)11-17)22-5-2-6-25-23(22)14-27(32-25)28-24-13-18(7-8-26(24)33-34-28)19-4-3-9-30-16-19/h2-14,16,31-32H,15H2,1H3,(H,33,34). The predicted octanol–water partition coefficient (Wildman–Crippen LogP) is 5.63. The molecule has 0 atom stereocenters. The van der Waals surface area contributed by atoms with E-state index in [1.54, 1.807) is 12.3 Å². The summed E-state index contributed by atoms with van der Waals surface area (Å²) in [4.78, 5) is 7.68. The monoisotopic (exact) mass is 511 g/mol. The number of nitrogens with one attached hydrogen (secondary N) is 3. The van der Waals surface area contributed by atoms with Crippen LogP contribution in [-0.4, -0.2) is 34.8 Å². The maximum absolute atomic E-state index is 14.5. The van der Waals surface area contributed by atoms with E-state index in [4.69, 9.17) is 0 Å². The first-order valence-electron chi connectivity index (χ1n) is 11.6. The van der Waals surface area contributed by atoms with Crippen LogP contribution >= 0.6 is 0 Å². The van der Waals surface area contributed by atoms with Crippen molar-refractivity contribution in [2.45, 2.75) is 6.54 Å². The molecule has 0 spiro atoms. The summed E-state index contributed by atoms with van der Waals surface area (Å²) >= 11 is 0. The van der Waals surface area contributed by atoms with E-state index in [9.17, 15) is 12.8 Å². The van der Waals surface area contributed by atoms with Gasteiger partial charge in [-0.15, -0.1) is 0 Å². The Morgan fingerprint density at radius 2 is 1.78 bits per heavy atom. The van der Waals surface area contributed by atoms with Gasteiger partial charge in [-0.05, 0) is 70.8 Å². The molecule has 3 N–H and O–H groups in total.